The maximum atomic E-state index is 13.6. The fourth-order valence-electron chi connectivity index (χ4n) is 2.63. The number of hydrogen-bond donors (Lipinski definition) is 1. The first kappa shape index (κ1) is 12.5. The van der Waals surface area contributed by atoms with Crippen LogP contribution in [0.1, 0.15) is 30.7 Å². The fourth-order valence-corrected chi connectivity index (χ4v) is 2.83. The predicted molar refractivity (Wildman–Crippen MR) is 77.9 cm³/mol. The third-order valence-electron chi connectivity index (χ3n) is 3.89. The van der Waals surface area contributed by atoms with Gasteiger partial charge in [0.25, 0.3) is 0 Å². The van der Waals surface area contributed by atoms with Gasteiger partial charge in [-0.15, -0.1) is 0 Å². The largest absolute Gasteiger partial charge is 0.397 e. The summed E-state index contributed by atoms with van der Waals surface area (Å²) < 4.78 is 13.6. The molecule has 0 radical (unpaired) electrons. The van der Waals surface area contributed by atoms with Crippen molar-refractivity contribution in [3.8, 4) is 11.1 Å². The fraction of sp³-hybridized carbons (Fsp3) is 0.250. The van der Waals surface area contributed by atoms with Crippen molar-refractivity contribution in [3.05, 3.63) is 52.8 Å². The van der Waals surface area contributed by atoms with Crippen molar-refractivity contribution in [2.45, 2.75) is 25.2 Å². The van der Waals surface area contributed by atoms with Crippen LogP contribution in [0.3, 0.4) is 0 Å². The van der Waals surface area contributed by atoms with Gasteiger partial charge in [0.05, 0.1) is 10.7 Å². The lowest BCUT2D eigenvalue weighted by atomic mass is 9.77. The Morgan fingerprint density at radius 1 is 1.11 bits per heavy atom. The SMILES string of the molecule is Nc1c(Cl)cc(F)cc1-c1ccccc1C1CCC1. The van der Waals surface area contributed by atoms with Gasteiger partial charge in [0.2, 0.25) is 0 Å². The summed E-state index contributed by atoms with van der Waals surface area (Å²) in [4.78, 5) is 0. The van der Waals surface area contributed by atoms with E-state index in [0.29, 0.717) is 17.2 Å². The average Bonchev–Trinajstić information content (AvgIpc) is 2.32. The monoisotopic (exact) mass is 275 g/mol. The van der Waals surface area contributed by atoms with E-state index < -0.39 is 0 Å². The van der Waals surface area contributed by atoms with Crippen LogP contribution in [0.2, 0.25) is 5.02 Å². The predicted octanol–water partition coefficient (Wildman–Crippen LogP) is 5.00. The molecule has 0 heterocycles. The highest BCUT2D eigenvalue weighted by molar-refractivity contribution is 6.33. The molecule has 1 nitrogen and oxygen atoms in total. The average molecular weight is 276 g/mol. The molecule has 98 valence electrons. The summed E-state index contributed by atoms with van der Waals surface area (Å²) in [6.07, 6.45) is 3.65. The summed E-state index contributed by atoms with van der Waals surface area (Å²) in [7, 11) is 0. The van der Waals surface area contributed by atoms with Gasteiger partial charge in [-0.3, -0.25) is 0 Å². The number of nitrogens with two attached hydrogens (primary N) is 1. The van der Waals surface area contributed by atoms with Gasteiger partial charge < -0.3 is 5.73 Å². The summed E-state index contributed by atoms with van der Waals surface area (Å²) in [6, 6.07) is 10.8. The van der Waals surface area contributed by atoms with Crippen LogP contribution in [-0.2, 0) is 0 Å². The molecular formula is C16H15ClFN. The minimum atomic E-state index is -0.349. The smallest absolute Gasteiger partial charge is 0.125 e. The van der Waals surface area contributed by atoms with E-state index in [0.717, 1.165) is 5.56 Å². The third-order valence-corrected chi connectivity index (χ3v) is 4.20. The molecule has 0 saturated heterocycles. The number of hydrogen-bond acceptors (Lipinski definition) is 1. The lowest BCUT2D eigenvalue weighted by molar-refractivity contribution is 0.420. The maximum absolute atomic E-state index is 13.6. The molecule has 2 aromatic carbocycles. The topological polar surface area (TPSA) is 26.0 Å². The van der Waals surface area contributed by atoms with Crippen LogP contribution in [0.5, 0.6) is 0 Å². The van der Waals surface area contributed by atoms with Gasteiger partial charge in [-0.2, -0.15) is 0 Å². The molecule has 3 heteroatoms. The number of benzene rings is 2. The van der Waals surface area contributed by atoms with Gasteiger partial charge in [0.15, 0.2) is 0 Å². The molecule has 2 aromatic rings. The second-order valence-electron chi connectivity index (χ2n) is 5.06. The molecule has 19 heavy (non-hydrogen) atoms. The van der Waals surface area contributed by atoms with Gasteiger partial charge in [-0.05, 0) is 42.0 Å². The second kappa shape index (κ2) is 4.86. The molecule has 1 aliphatic rings. The van der Waals surface area contributed by atoms with Crippen molar-refractivity contribution in [3.63, 3.8) is 0 Å². The van der Waals surface area contributed by atoms with Crippen LogP contribution >= 0.6 is 11.6 Å². The molecule has 0 aromatic heterocycles. The summed E-state index contributed by atoms with van der Waals surface area (Å²) in [5.41, 5.74) is 9.43. The quantitative estimate of drug-likeness (QED) is 0.767. The van der Waals surface area contributed by atoms with Crippen LogP contribution in [0.25, 0.3) is 11.1 Å². The van der Waals surface area contributed by atoms with E-state index >= 15 is 0 Å². The van der Waals surface area contributed by atoms with Crippen LogP contribution in [0, 0.1) is 5.82 Å². The number of rotatable bonds is 2. The van der Waals surface area contributed by atoms with Crippen molar-refractivity contribution >= 4 is 17.3 Å². The Balaban J connectivity index is 2.16. The standard InChI is InChI=1S/C16H15ClFN/c17-15-9-11(18)8-14(16(15)19)13-7-2-1-6-12(13)10-4-3-5-10/h1-2,6-10H,3-5,19H2. The van der Waals surface area contributed by atoms with E-state index in [1.54, 1.807) is 0 Å². The van der Waals surface area contributed by atoms with E-state index in [1.807, 2.05) is 18.2 Å². The summed E-state index contributed by atoms with van der Waals surface area (Å²) in [5, 5.41) is 0.276. The molecule has 0 amide bonds. The Labute approximate surface area is 117 Å². The first-order valence-electron chi connectivity index (χ1n) is 6.50. The van der Waals surface area contributed by atoms with E-state index in [4.69, 9.17) is 17.3 Å². The molecule has 0 unspecified atom stereocenters. The molecular weight excluding hydrogens is 261 g/mol. The summed E-state index contributed by atoms with van der Waals surface area (Å²) in [6.45, 7) is 0. The Morgan fingerprint density at radius 2 is 1.84 bits per heavy atom. The highest BCUT2D eigenvalue weighted by Crippen LogP contribution is 2.43. The Kier molecular flexibility index (Phi) is 3.19. The molecule has 0 bridgehead atoms. The molecule has 0 aliphatic heterocycles. The van der Waals surface area contributed by atoms with Crippen LogP contribution in [0.4, 0.5) is 10.1 Å². The van der Waals surface area contributed by atoms with Crippen molar-refractivity contribution < 1.29 is 4.39 Å². The van der Waals surface area contributed by atoms with Crippen molar-refractivity contribution in [2.24, 2.45) is 0 Å². The normalized spacial score (nSPS) is 15.3. The molecule has 1 fully saturated rings. The highest BCUT2D eigenvalue weighted by atomic mass is 35.5. The zero-order valence-electron chi connectivity index (χ0n) is 10.5. The second-order valence-corrected chi connectivity index (χ2v) is 5.47. The van der Waals surface area contributed by atoms with E-state index in [-0.39, 0.29) is 10.8 Å². The van der Waals surface area contributed by atoms with Gasteiger partial charge in [-0.25, -0.2) is 4.39 Å². The number of halogens is 2. The van der Waals surface area contributed by atoms with Crippen molar-refractivity contribution in [1.82, 2.24) is 0 Å². The zero-order valence-corrected chi connectivity index (χ0v) is 11.3. The Morgan fingerprint density at radius 3 is 2.53 bits per heavy atom. The van der Waals surface area contributed by atoms with Crippen LogP contribution in [0.15, 0.2) is 36.4 Å². The van der Waals surface area contributed by atoms with E-state index in [1.165, 1.54) is 37.0 Å². The van der Waals surface area contributed by atoms with Crippen molar-refractivity contribution in [1.29, 1.82) is 0 Å². The van der Waals surface area contributed by atoms with Gasteiger partial charge in [0, 0.05) is 5.56 Å². The number of anilines is 1. The zero-order chi connectivity index (χ0) is 13.4. The van der Waals surface area contributed by atoms with Crippen LogP contribution < -0.4 is 5.73 Å². The maximum Gasteiger partial charge on any atom is 0.125 e. The minimum Gasteiger partial charge on any atom is -0.397 e. The summed E-state index contributed by atoms with van der Waals surface area (Å²) >= 11 is 5.98. The van der Waals surface area contributed by atoms with Gasteiger partial charge >= 0.3 is 0 Å². The third kappa shape index (κ3) is 2.21. The van der Waals surface area contributed by atoms with Crippen LogP contribution in [-0.4, -0.2) is 0 Å². The summed E-state index contributed by atoms with van der Waals surface area (Å²) in [5.74, 6) is 0.218. The molecule has 1 aliphatic carbocycles. The lowest BCUT2D eigenvalue weighted by Gasteiger charge is -2.28. The molecule has 3 rings (SSSR count). The van der Waals surface area contributed by atoms with Gasteiger partial charge in [-0.1, -0.05) is 42.3 Å². The molecule has 1 saturated carbocycles. The van der Waals surface area contributed by atoms with Crippen molar-refractivity contribution in [2.75, 3.05) is 5.73 Å². The van der Waals surface area contributed by atoms with E-state index in [2.05, 4.69) is 6.07 Å². The highest BCUT2D eigenvalue weighted by Gasteiger charge is 2.23. The number of nitrogen functional groups attached to an aromatic ring is 1. The Hall–Kier alpha value is -1.54. The van der Waals surface area contributed by atoms with E-state index in [9.17, 15) is 4.39 Å². The minimum absolute atomic E-state index is 0.276. The lowest BCUT2D eigenvalue weighted by Crippen LogP contribution is -2.10. The Bertz CT molecular complexity index is 620. The molecule has 2 N–H and O–H groups in total. The first-order valence-corrected chi connectivity index (χ1v) is 6.88. The molecule has 0 atom stereocenters. The first-order chi connectivity index (χ1) is 9.16. The van der Waals surface area contributed by atoms with Gasteiger partial charge in [0.1, 0.15) is 5.82 Å². The molecule has 0 spiro atoms.